The van der Waals surface area contributed by atoms with E-state index in [1.807, 2.05) is 0 Å². The highest BCUT2D eigenvalue weighted by atomic mass is 16.7. The van der Waals surface area contributed by atoms with Gasteiger partial charge in [-0.3, -0.25) is 0 Å². The summed E-state index contributed by atoms with van der Waals surface area (Å²) >= 11 is 0. The van der Waals surface area contributed by atoms with Crippen LogP contribution in [0.5, 0.6) is 0 Å². The molecule has 0 radical (unpaired) electrons. The number of ether oxygens (including phenoxy) is 2. The van der Waals surface area contributed by atoms with Crippen LogP contribution in [-0.4, -0.2) is 92.7 Å². The largest absolute Gasteiger partial charge is 0.391 e. The van der Waals surface area contributed by atoms with Crippen molar-refractivity contribution in [3.05, 3.63) is 20.9 Å². The normalized spacial score (nSPS) is 46.0. The molecule has 0 spiro atoms. The van der Waals surface area contributed by atoms with Gasteiger partial charge >= 0.3 is 0 Å². The Kier molecular flexibility index (Phi) is 7.19. The molecule has 2 fully saturated rings. The van der Waals surface area contributed by atoms with Crippen LogP contribution in [0.3, 0.4) is 0 Å². The Morgan fingerprint density at radius 2 is 1.70 bits per heavy atom. The summed E-state index contributed by atoms with van der Waals surface area (Å²) < 4.78 is 11.0. The number of nitrogens with zero attached hydrogens (tertiary/aromatic N) is 6. The van der Waals surface area contributed by atoms with Crippen molar-refractivity contribution < 1.29 is 35.0 Å². The van der Waals surface area contributed by atoms with Crippen LogP contribution in [0.4, 0.5) is 0 Å². The zero-order valence-corrected chi connectivity index (χ0v) is 14.4. The first-order chi connectivity index (χ1) is 12.7. The Morgan fingerprint density at radius 1 is 1.07 bits per heavy atom. The molecule has 7 N–H and O–H groups in total. The lowest BCUT2D eigenvalue weighted by molar-refractivity contribution is -0.301. The van der Waals surface area contributed by atoms with Gasteiger partial charge in [-0.15, -0.1) is 0 Å². The zero-order chi connectivity index (χ0) is 20.3. The van der Waals surface area contributed by atoms with Crippen LogP contribution in [0.25, 0.3) is 20.9 Å². The van der Waals surface area contributed by atoms with Gasteiger partial charge in [-0.25, -0.2) is 0 Å². The second kappa shape index (κ2) is 8.99. The molecule has 0 aromatic rings. The van der Waals surface area contributed by atoms with Crippen molar-refractivity contribution in [1.82, 2.24) is 0 Å². The average molecular weight is 389 g/mol. The van der Waals surface area contributed by atoms with Gasteiger partial charge in [0.2, 0.25) is 0 Å². The third-order valence-corrected chi connectivity index (χ3v) is 4.78. The molecule has 14 heteroatoms. The number of nitrogens with two attached hydrogens (primary N) is 1. The summed E-state index contributed by atoms with van der Waals surface area (Å²) in [6.45, 7) is 1.31. The number of aliphatic hydroxyl groups excluding tert-OH is 5. The van der Waals surface area contributed by atoms with Gasteiger partial charge < -0.3 is 40.7 Å². The number of azide groups is 2. The molecule has 2 aliphatic rings. The lowest BCUT2D eigenvalue weighted by atomic mass is 9.84. The van der Waals surface area contributed by atoms with Gasteiger partial charge in [0, 0.05) is 15.9 Å². The van der Waals surface area contributed by atoms with Crippen LogP contribution in [0.1, 0.15) is 13.3 Å². The number of hydrogen-bond acceptors (Lipinski definition) is 10. The van der Waals surface area contributed by atoms with Gasteiger partial charge in [0.25, 0.3) is 0 Å². The zero-order valence-electron chi connectivity index (χ0n) is 14.4. The summed E-state index contributed by atoms with van der Waals surface area (Å²) in [7, 11) is 0. The summed E-state index contributed by atoms with van der Waals surface area (Å²) in [6.07, 6.45) is -11.4. The van der Waals surface area contributed by atoms with E-state index in [1.54, 1.807) is 0 Å². The van der Waals surface area contributed by atoms with E-state index in [-0.39, 0.29) is 6.42 Å². The van der Waals surface area contributed by atoms with Gasteiger partial charge in [-0.05, 0) is 24.4 Å². The quantitative estimate of drug-likeness (QED) is 0.174. The predicted octanol–water partition coefficient (Wildman–Crippen LogP) is -1.99. The molecule has 1 aliphatic carbocycles. The smallest absolute Gasteiger partial charge is 0.169 e. The monoisotopic (exact) mass is 389 g/mol. The van der Waals surface area contributed by atoms with E-state index in [9.17, 15) is 25.5 Å². The van der Waals surface area contributed by atoms with E-state index in [2.05, 4.69) is 20.1 Å². The van der Waals surface area contributed by atoms with Crippen LogP contribution in [0.2, 0.25) is 0 Å². The summed E-state index contributed by atoms with van der Waals surface area (Å²) in [5, 5.41) is 57.1. The Morgan fingerprint density at radius 3 is 2.26 bits per heavy atom. The fourth-order valence-electron chi connectivity index (χ4n) is 3.30. The highest BCUT2D eigenvalue weighted by Gasteiger charge is 2.50. The van der Waals surface area contributed by atoms with E-state index in [1.165, 1.54) is 6.92 Å². The first-order valence-electron chi connectivity index (χ1n) is 8.28. The van der Waals surface area contributed by atoms with Gasteiger partial charge in [-0.2, -0.15) is 0 Å². The second-order valence-corrected chi connectivity index (χ2v) is 6.64. The molecule has 27 heavy (non-hydrogen) atoms. The van der Waals surface area contributed by atoms with E-state index < -0.39 is 67.1 Å². The van der Waals surface area contributed by atoms with Crippen LogP contribution in [-0.2, 0) is 9.47 Å². The van der Waals surface area contributed by atoms with Gasteiger partial charge in [0.15, 0.2) is 6.29 Å². The van der Waals surface area contributed by atoms with Gasteiger partial charge in [0.05, 0.1) is 30.5 Å². The number of aliphatic hydroxyl groups is 5. The summed E-state index contributed by atoms with van der Waals surface area (Å²) in [6, 6.07) is -3.27. The van der Waals surface area contributed by atoms with Gasteiger partial charge in [0.1, 0.15) is 24.4 Å². The van der Waals surface area contributed by atoms with Crippen molar-refractivity contribution in [2.24, 2.45) is 16.0 Å². The molecule has 11 atom stereocenters. The van der Waals surface area contributed by atoms with Crippen molar-refractivity contribution in [2.45, 2.75) is 80.5 Å². The molecule has 1 saturated carbocycles. The molecule has 1 saturated heterocycles. The van der Waals surface area contributed by atoms with E-state index in [0.717, 1.165) is 0 Å². The predicted molar refractivity (Wildman–Crippen MR) is 87.7 cm³/mol. The maximum absolute atomic E-state index is 10.3. The first-order valence-corrected chi connectivity index (χ1v) is 8.28. The topological polar surface area (TPSA) is 243 Å². The average Bonchev–Trinajstić information content (AvgIpc) is 2.62. The molecule has 0 bridgehead atoms. The van der Waals surface area contributed by atoms with Crippen molar-refractivity contribution >= 4 is 0 Å². The molecule has 1 aliphatic heterocycles. The molecule has 14 nitrogen and oxygen atoms in total. The SMILES string of the molecule is C[C@@H](O)C1O[C@H](O[C@@H]2C(N=[N+]=[N-])C[C@@H](N)C(O)[C@H]2O)C(N=[N+]=[N-])[C@@H](O)[C@@H]1O. The third-order valence-electron chi connectivity index (χ3n) is 4.78. The second-order valence-electron chi connectivity index (χ2n) is 6.64. The minimum Gasteiger partial charge on any atom is -0.391 e. The number of hydrogen-bond donors (Lipinski definition) is 6. The Bertz CT molecular complexity index is 612. The van der Waals surface area contributed by atoms with Crippen molar-refractivity contribution in [2.75, 3.05) is 0 Å². The Balaban J connectivity index is 2.31. The minimum atomic E-state index is -1.63. The summed E-state index contributed by atoms with van der Waals surface area (Å²) in [4.78, 5) is 5.24. The van der Waals surface area contributed by atoms with Crippen LogP contribution in [0, 0.1) is 0 Å². The number of rotatable bonds is 5. The molecular formula is C13H23N7O7. The maximum Gasteiger partial charge on any atom is 0.169 e. The van der Waals surface area contributed by atoms with E-state index in [0.29, 0.717) is 0 Å². The van der Waals surface area contributed by atoms with E-state index in [4.69, 9.17) is 26.3 Å². The van der Waals surface area contributed by atoms with Crippen molar-refractivity contribution in [3.63, 3.8) is 0 Å². The fourth-order valence-corrected chi connectivity index (χ4v) is 3.30. The molecule has 0 aromatic carbocycles. The molecular weight excluding hydrogens is 366 g/mol. The fraction of sp³-hybridized carbons (Fsp3) is 1.00. The van der Waals surface area contributed by atoms with Crippen LogP contribution < -0.4 is 5.73 Å². The standard InChI is InChI=1S/C13H23N7O7/c1-3(21)11-10(25)8(23)6(18-20-16)13(26-11)27-12-5(17-19-15)2-4(14)7(22)9(12)24/h3-13,21-25H,2,14H2,1H3/t3-,4-,5?,6?,7?,8-,9-,10+,11?,12-,13-/m1/s1. The summed E-state index contributed by atoms with van der Waals surface area (Å²) in [5.74, 6) is 0. The van der Waals surface area contributed by atoms with Crippen molar-refractivity contribution in [3.8, 4) is 0 Å². The Hall–Kier alpha value is -1.70. The molecule has 0 aromatic heterocycles. The molecule has 2 rings (SSSR count). The molecule has 152 valence electrons. The van der Waals surface area contributed by atoms with E-state index >= 15 is 0 Å². The van der Waals surface area contributed by atoms with Gasteiger partial charge in [-0.1, -0.05) is 10.2 Å². The lowest BCUT2D eigenvalue weighted by Gasteiger charge is -2.46. The highest BCUT2D eigenvalue weighted by Crippen LogP contribution is 2.31. The summed E-state index contributed by atoms with van der Waals surface area (Å²) in [5.41, 5.74) is 23.2. The first kappa shape index (κ1) is 21.6. The van der Waals surface area contributed by atoms with Crippen LogP contribution >= 0.6 is 0 Å². The molecule has 4 unspecified atom stereocenters. The highest BCUT2D eigenvalue weighted by molar-refractivity contribution is 5.01. The Labute approximate surface area is 153 Å². The van der Waals surface area contributed by atoms with Crippen LogP contribution in [0.15, 0.2) is 10.2 Å². The molecule has 1 heterocycles. The minimum absolute atomic E-state index is 0.00311. The molecule has 0 amide bonds. The third kappa shape index (κ3) is 4.42. The lowest BCUT2D eigenvalue weighted by Crippen LogP contribution is -2.64. The maximum atomic E-state index is 10.3. The van der Waals surface area contributed by atoms with Crippen molar-refractivity contribution in [1.29, 1.82) is 0 Å².